The smallest absolute Gasteiger partial charge is 0.317 e. The zero-order valence-corrected chi connectivity index (χ0v) is 19.7. The van der Waals surface area contributed by atoms with Gasteiger partial charge in [0.1, 0.15) is 11.6 Å². The van der Waals surface area contributed by atoms with E-state index >= 15 is 0 Å². The molecule has 0 atom stereocenters. The number of nitrogens with one attached hydrogen (secondary N) is 2. The number of carbonyl (C=O) groups excluding carboxylic acids is 1. The van der Waals surface area contributed by atoms with Gasteiger partial charge in [-0.2, -0.15) is 5.10 Å². The second-order valence-electron chi connectivity index (χ2n) is 8.92. The van der Waals surface area contributed by atoms with E-state index in [0.717, 1.165) is 80.9 Å². The first-order valence-electron chi connectivity index (χ1n) is 12.1. The largest absolute Gasteiger partial charge is 0.356 e. The Bertz CT molecular complexity index is 1050. The van der Waals surface area contributed by atoms with Crippen LogP contribution in [-0.4, -0.2) is 58.8 Å². The van der Waals surface area contributed by atoms with Crippen molar-refractivity contribution in [1.29, 1.82) is 0 Å². The molecule has 180 valence electrons. The lowest BCUT2D eigenvalue weighted by Gasteiger charge is -2.34. The molecule has 34 heavy (non-hydrogen) atoms. The highest BCUT2D eigenvalue weighted by molar-refractivity contribution is 5.74. The van der Waals surface area contributed by atoms with Crippen LogP contribution in [0.2, 0.25) is 0 Å². The van der Waals surface area contributed by atoms with Crippen LogP contribution in [0, 0.1) is 5.82 Å². The Morgan fingerprint density at radius 2 is 2.00 bits per heavy atom. The van der Waals surface area contributed by atoms with Crippen molar-refractivity contribution in [3.05, 3.63) is 66.2 Å². The fraction of sp³-hybridized carbons (Fsp3) is 0.423. The molecule has 0 saturated carbocycles. The first-order chi connectivity index (χ1) is 16.6. The number of pyridine rings is 1. The molecule has 1 saturated heterocycles. The van der Waals surface area contributed by atoms with E-state index in [1.54, 1.807) is 11.0 Å². The van der Waals surface area contributed by atoms with E-state index in [0.29, 0.717) is 0 Å². The number of aromatic amines is 1. The molecule has 8 heteroatoms. The first kappa shape index (κ1) is 23.7. The summed E-state index contributed by atoms with van der Waals surface area (Å²) in [5.41, 5.74) is 2.58. The fourth-order valence-electron chi connectivity index (χ4n) is 4.31. The highest BCUT2D eigenvalue weighted by Crippen LogP contribution is 2.20. The van der Waals surface area contributed by atoms with Gasteiger partial charge in [0, 0.05) is 50.2 Å². The van der Waals surface area contributed by atoms with E-state index < -0.39 is 0 Å². The second kappa shape index (κ2) is 11.6. The molecule has 0 radical (unpaired) electrons. The SMILES string of the molecule is CN(CCCCCc1cc(-c2cccc(F)c2)n[nH]1)C(=O)NC1CCN(c2ccccn2)CC1. The van der Waals surface area contributed by atoms with E-state index in [-0.39, 0.29) is 17.9 Å². The molecule has 0 aliphatic carbocycles. The van der Waals surface area contributed by atoms with Crippen molar-refractivity contribution in [2.75, 3.05) is 31.6 Å². The molecular formula is C26H33FN6O. The second-order valence-corrected chi connectivity index (χ2v) is 8.92. The van der Waals surface area contributed by atoms with Gasteiger partial charge in [-0.1, -0.05) is 24.6 Å². The maximum atomic E-state index is 13.4. The molecule has 4 rings (SSSR count). The van der Waals surface area contributed by atoms with Crippen molar-refractivity contribution in [1.82, 2.24) is 25.4 Å². The summed E-state index contributed by atoms with van der Waals surface area (Å²) >= 11 is 0. The third-order valence-electron chi connectivity index (χ3n) is 6.33. The molecular weight excluding hydrogens is 431 g/mol. The number of urea groups is 1. The summed E-state index contributed by atoms with van der Waals surface area (Å²) in [6, 6.07) is 14.6. The number of benzene rings is 1. The van der Waals surface area contributed by atoms with Crippen LogP contribution in [0.5, 0.6) is 0 Å². The van der Waals surface area contributed by atoms with Crippen LogP contribution in [0.3, 0.4) is 0 Å². The van der Waals surface area contributed by atoms with Crippen LogP contribution in [-0.2, 0) is 6.42 Å². The number of H-pyrrole nitrogens is 1. The minimum atomic E-state index is -0.259. The average Bonchev–Trinajstić information content (AvgIpc) is 3.34. The van der Waals surface area contributed by atoms with E-state index in [2.05, 4.69) is 25.4 Å². The monoisotopic (exact) mass is 464 g/mol. The van der Waals surface area contributed by atoms with E-state index in [1.807, 2.05) is 43.6 Å². The number of anilines is 1. The molecule has 1 aromatic carbocycles. The molecule has 2 N–H and O–H groups in total. The van der Waals surface area contributed by atoms with Crippen LogP contribution in [0.4, 0.5) is 15.0 Å². The van der Waals surface area contributed by atoms with Gasteiger partial charge in [0.15, 0.2) is 0 Å². The van der Waals surface area contributed by atoms with Crippen molar-refractivity contribution < 1.29 is 9.18 Å². The minimum absolute atomic E-state index is 0.00425. The Hall–Kier alpha value is -3.42. The van der Waals surface area contributed by atoms with Gasteiger partial charge >= 0.3 is 6.03 Å². The number of hydrogen-bond acceptors (Lipinski definition) is 4. The number of rotatable bonds is 9. The number of nitrogens with zero attached hydrogens (tertiary/aromatic N) is 4. The van der Waals surface area contributed by atoms with Crippen molar-refractivity contribution in [2.45, 2.75) is 44.6 Å². The van der Waals surface area contributed by atoms with Crippen LogP contribution >= 0.6 is 0 Å². The van der Waals surface area contributed by atoms with Gasteiger partial charge in [0.2, 0.25) is 0 Å². The number of halogens is 1. The number of carbonyl (C=O) groups is 1. The van der Waals surface area contributed by atoms with E-state index in [9.17, 15) is 9.18 Å². The number of amides is 2. The highest BCUT2D eigenvalue weighted by atomic mass is 19.1. The van der Waals surface area contributed by atoms with Crippen molar-refractivity contribution >= 4 is 11.8 Å². The van der Waals surface area contributed by atoms with Gasteiger partial charge in [-0.15, -0.1) is 0 Å². The predicted octanol–water partition coefficient (Wildman–Crippen LogP) is 4.63. The summed E-state index contributed by atoms with van der Waals surface area (Å²) in [7, 11) is 1.86. The molecule has 3 heterocycles. The van der Waals surface area contributed by atoms with Gasteiger partial charge in [-0.3, -0.25) is 5.10 Å². The summed E-state index contributed by atoms with van der Waals surface area (Å²) in [5.74, 6) is 0.745. The number of aryl methyl sites for hydroxylation is 1. The van der Waals surface area contributed by atoms with Gasteiger partial charge in [0.05, 0.1) is 5.69 Å². The fourth-order valence-corrected chi connectivity index (χ4v) is 4.31. The van der Waals surface area contributed by atoms with Gasteiger partial charge in [-0.05, 0) is 62.4 Å². The first-order valence-corrected chi connectivity index (χ1v) is 12.1. The van der Waals surface area contributed by atoms with Crippen LogP contribution in [0.25, 0.3) is 11.3 Å². The lowest BCUT2D eigenvalue weighted by Crippen LogP contribution is -2.48. The third kappa shape index (κ3) is 6.56. The Morgan fingerprint density at radius 1 is 1.15 bits per heavy atom. The summed E-state index contributed by atoms with van der Waals surface area (Å²) in [4.78, 5) is 21.0. The molecule has 0 spiro atoms. The lowest BCUT2D eigenvalue weighted by molar-refractivity contribution is 0.201. The summed E-state index contributed by atoms with van der Waals surface area (Å²) in [6.45, 7) is 2.54. The Morgan fingerprint density at radius 3 is 2.76 bits per heavy atom. The molecule has 3 aromatic rings. The minimum Gasteiger partial charge on any atom is -0.356 e. The molecule has 0 unspecified atom stereocenters. The zero-order chi connectivity index (χ0) is 23.8. The van der Waals surface area contributed by atoms with Gasteiger partial charge < -0.3 is 15.1 Å². The topological polar surface area (TPSA) is 77.2 Å². The van der Waals surface area contributed by atoms with Crippen LogP contribution < -0.4 is 10.2 Å². The Labute approximate surface area is 200 Å². The maximum absolute atomic E-state index is 13.4. The van der Waals surface area contributed by atoms with Crippen molar-refractivity contribution in [2.24, 2.45) is 0 Å². The zero-order valence-electron chi connectivity index (χ0n) is 19.7. The average molecular weight is 465 g/mol. The standard InChI is InChI=1S/C26H33FN6O/c1-32(26(34)29-22-12-16-33(17-13-22)25-11-4-5-14-28-25)15-6-2-3-10-23-19-24(31-30-23)20-8-7-9-21(27)18-20/h4-5,7-9,11,14,18-19,22H,2-3,6,10,12-13,15-17H2,1H3,(H,29,34)(H,30,31). The molecule has 7 nitrogen and oxygen atoms in total. The maximum Gasteiger partial charge on any atom is 0.317 e. The predicted molar refractivity (Wildman–Crippen MR) is 132 cm³/mol. The summed E-state index contributed by atoms with van der Waals surface area (Å²) < 4.78 is 13.4. The molecule has 1 aliphatic rings. The third-order valence-corrected chi connectivity index (χ3v) is 6.33. The molecule has 2 amide bonds. The molecule has 1 fully saturated rings. The number of piperidine rings is 1. The van der Waals surface area contributed by atoms with E-state index in [1.165, 1.54) is 12.1 Å². The summed E-state index contributed by atoms with van der Waals surface area (Å²) in [5, 5.41) is 10.5. The highest BCUT2D eigenvalue weighted by Gasteiger charge is 2.22. The number of unbranched alkanes of at least 4 members (excludes halogenated alkanes) is 2. The summed E-state index contributed by atoms with van der Waals surface area (Å²) in [6.07, 6.45) is 7.54. The molecule has 1 aliphatic heterocycles. The molecule has 0 bridgehead atoms. The van der Waals surface area contributed by atoms with Crippen LogP contribution in [0.1, 0.15) is 37.8 Å². The normalized spacial score (nSPS) is 14.2. The molecule has 2 aromatic heterocycles. The lowest BCUT2D eigenvalue weighted by atomic mass is 10.1. The van der Waals surface area contributed by atoms with Crippen molar-refractivity contribution in [3.8, 4) is 11.3 Å². The van der Waals surface area contributed by atoms with E-state index in [4.69, 9.17) is 0 Å². The van der Waals surface area contributed by atoms with Crippen LogP contribution in [0.15, 0.2) is 54.7 Å². The number of hydrogen-bond donors (Lipinski definition) is 2. The van der Waals surface area contributed by atoms with Gasteiger partial charge in [-0.25, -0.2) is 14.2 Å². The number of aromatic nitrogens is 3. The Kier molecular flexibility index (Phi) is 8.12. The Balaban J connectivity index is 1.11. The quantitative estimate of drug-likeness (QED) is 0.453. The van der Waals surface area contributed by atoms with Crippen molar-refractivity contribution in [3.63, 3.8) is 0 Å². The van der Waals surface area contributed by atoms with Gasteiger partial charge in [0.25, 0.3) is 0 Å².